The Morgan fingerprint density at radius 1 is 1.20 bits per heavy atom. The van der Waals surface area contributed by atoms with Crippen LogP contribution in [0.5, 0.6) is 5.75 Å². The fourth-order valence-corrected chi connectivity index (χ4v) is 2.42. The van der Waals surface area contributed by atoms with Crippen molar-refractivity contribution in [2.45, 2.75) is 6.92 Å². The molecule has 0 atom stereocenters. The first-order valence-corrected chi connectivity index (χ1v) is 6.88. The summed E-state index contributed by atoms with van der Waals surface area (Å²) in [7, 11) is 0. The van der Waals surface area contributed by atoms with Crippen molar-refractivity contribution in [2.75, 3.05) is 6.61 Å². The van der Waals surface area contributed by atoms with Crippen LogP contribution in [0.4, 0.5) is 0 Å². The smallest absolute Gasteiger partial charge is 0.243 e. The van der Waals surface area contributed by atoms with Gasteiger partial charge in [-0.3, -0.25) is 0 Å². The number of nitrogens with zero attached hydrogens (tertiary/aromatic N) is 3. The Morgan fingerprint density at radius 3 is 2.85 bits per heavy atom. The van der Waals surface area contributed by atoms with Crippen molar-refractivity contribution in [3.8, 4) is 16.9 Å². The minimum absolute atomic E-state index is 0.206. The van der Waals surface area contributed by atoms with Gasteiger partial charge < -0.3 is 4.74 Å². The fourth-order valence-electron chi connectivity index (χ4n) is 2.08. The maximum atomic E-state index is 6.10. The zero-order valence-corrected chi connectivity index (χ0v) is 12.2. The van der Waals surface area contributed by atoms with Crippen molar-refractivity contribution in [2.24, 2.45) is 0 Å². The molecule has 0 saturated heterocycles. The van der Waals surface area contributed by atoms with Gasteiger partial charge in [0.05, 0.1) is 6.61 Å². The standard InChI is InChI=1S/C14H11Cl2N3O/c1-2-20-12-6-5-9(15)8-11(12)10-4-3-7-19-13(10)17-14(16)18-19/h3-8H,2H2,1H3. The third-order valence-electron chi connectivity index (χ3n) is 2.87. The minimum atomic E-state index is 0.206. The monoisotopic (exact) mass is 307 g/mol. The number of hydrogen-bond acceptors (Lipinski definition) is 3. The van der Waals surface area contributed by atoms with E-state index in [4.69, 9.17) is 27.9 Å². The van der Waals surface area contributed by atoms with Crippen LogP contribution < -0.4 is 4.74 Å². The van der Waals surface area contributed by atoms with Gasteiger partial charge in [-0.1, -0.05) is 11.6 Å². The molecule has 0 bridgehead atoms. The van der Waals surface area contributed by atoms with E-state index in [0.717, 1.165) is 16.9 Å². The number of aromatic nitrogens is 3. The molecular formula is C14H11Cl2N3O. The Kier molecular flexibility index (Phi) is 3.51. The number of ether oxygens (including phenoxy) is 1. The zero-order valence-electron chi connectivity index (χ0n) is 10.7. The molecule has 0 N–H and O–H groups in total. The average Bonchev–Trinajstić information content (AvgIpc) is 2.81. The molecule has 6 heteroatoms. The van der Waals surface area contributed by atoms with Gasteiger partial charge in [-0.2, -0.15) is 4.98 Å². The topological polar surface area (TPSA) is 39.4 Å². The largest absolute Gasteiger partial charge is 0.493 e. The van der Waals surface area contributed by atoms with Crippen molar-refractivity contribution in [1.29, 1.82) is 0 Å². The van der Waals surface area contributed by atoms with Crippen molar-refractivity contribution in [3.63, 3.8) is 0 Å². The van der Waals surface area contributed by atoms with Gasteiger partial charge in [-0.05, 0) is 48.9 Å². The summed E-state index contributed by atoms with van der Waals surface area (Å²) in [5, 5.41) is 4.94. The van der Waals surface area contributed by atoms with Crippen LogP contribution in [0.2, 0.25) is 10.3 Å². The predicted molar refractivity (Wildman–Crippen MR) is 79.6 cm³/mol. The van der Waals surface area contributed by atoms with Gasteiger partial charge in [0, 0.05) is 22.3 Å². The fraction of sp³-hybridized carbons (Fsp3) is 0.143. The second-order valence-electron chi connectivity index (χ2n) is 4.14. The van der Waals surface area contributed by atoms with E-state index in [-0.39, 0.29) is 5.28 Å². The summed E-state index contributed by atoms with van der Waals surface area (Å²) in [5.74, 6) is 0.754. The molecule has 3 aromatic rings. The van der Waals surface area contributed by atoms with Crippen molar-refractivity contribution < 1.29 is 4.74 Å². The summed E-state index contributed by atoms with van der Waals surface area (Å²) >= 11 is 12.0. The second-order valence-corrected chi connectivity index (χ2v) is 4.92. The van der Waals surface area contributed by atoms with Crippen LogP contribution in [0, 0.1) is 0 Å². The van der Waals surface area contributed by atoms with Crippen LogP contribution >= 0.6 is 23.2 Å². The van der Waals surface area contributed by atoms with Gasteiger partial charge in [0.1, 0.15) is 5.75 Å². The molecule has 0 aliphatic rings. The van der Waals surface area contributed by atoms with Crippen LogP contribution in [-0.2, 0) is 0 Å². The Bertz CT molecular complexity index is 770. The van der Waals surface area contributed by atoms with E-state index in [9.17, 15) is 0 Å². The van der Waals surface area contributed by atoms with E-state index in [0.29, 0.717) is 17.3 Å². The molecule has 0 radical (unpaired) electrons. The summed E-state index contributed by atoms with van der Waals surface area (Å²) in [5.41, 5.74) is 2.41. The highest BCUT2D eigenvalue weighted by molar-refractivity contribution is 6.31. The number of hydrogen-bond donors (Lipinski definition) is 0. The van der Waals surface area contributed by atoms with E-state index in [1.807, 2.05) is 31.2 Å². The number of rotatable bonds is 3. The molecule has 0 amide bonds. The minimum Gasteiger partial charge on any atom is -0.493 e. The summed E-state index contributed by atoms with van der Waals surface area (Å²) in [6.07, 6.45) is 1.79. The van der Waals surface area contributed by atoms with Crippen molar-refractivity contribution in [3.05, 3.63) is 46.8 Å². The van der Waals surface area contributed by atoms with E-state index >= 15 is 0 Å². The summed E-state index contributed by atoms with van der Waals surface area (Å²) < 4.78 is 7.29. The van der Waals surface area contributed by atoms with Crippen LogP contribution in [0.3, 0.4) is 0 Å². The molecule has 0 saturated carbocycles. The number of benzene rings is 1. The van der Waals surface area contributed by atoms with Gasteiger partial charge in [0.25, 0.3) is 0 Å². The molecule has 0 aliphatic heterocycles. The molecule has 4 nitrogen and oxygen atoms in total. The molecule has 1 aromatic carbocycles. The molecule has 0 spiro atoms. The van der Waals surface area contributed by atoms with Crippen LogP contribution in [0.25, 0.3) is 16.8 Å². The first kappa shape index (κ1) is 13.2. The second kappa shape index (κ2) is 5.31. The maximum Gasteiger partial charge on any atom is 0.243 e. The lowest BCUT2D eigenvalue weighted by Gasteiger charge is -2.11. The molecular weight excluding hydrogens is 297 g/mol. The van der Waals surface area contributed by atoms with Crippen LogP contribution in [0.1, 0.15) is 6.92 Å². The third kappa shape index (κ3) is 2.32. The number of fused-ring (bicyclic) bond motifs is 1. The quantitative estimate of drug-likeness (QED) is 0.731. The van der Waals surface area contributed by atoms with Crippen molar-refractivity contribution in [1.82, 2.24) is 14.6 Å². The van der Waals surface area contributed by atoms with Crippen LogP contribution in [0.15, 0.2) is 36.5 Å². The van der Waals surface area contributed by atoms with Gasteiger partial charge in [0.2, 0.25) is 5.28 Å². The highest BCUT2D eigenvalue weighted by atomic mass is 35.5. The SMILES string of the molecule is CCOc1ccc(Cl)cc1-c1cccn2nc(Cl)nc12. The maximum absolute atomic E-state index is 6.10. The molecule has 0 fully saturated rings. The predicted octanol–water partition coefficient (Wildman–Crippen LogP) is 4.10. The van der Waals surface area contributed by atoms with Crippen LogP contribution in [-0.4, -0.2) is 21.2 Å². The van der Waals surface area contributed by atoms with Gasteiger partial charge in [-0.15, -0.1) is 5.10 Å². The Balaban J connectivity index is 2.27. The van der Waals surface area contributed by atoms with E-state index in [1.54, 1.807) is 16.8 Å². The summed E-state index contributed by atoms with van der Waals surface area (Å²) in [6, 6.07) is 9.32. The highest BCUT2D eigenvalue weighted by Gasteiger charge is 2.13. The van der Waals surface area contributed by atoms with E-state index in [1.165, 1.54) is 0 Å². The molecule has 3 rings (SSSR count). The Morgan fingerprint density at radius 2 is 2.05 bits per heavy atom. The van der Waals surface area contributed by atoms with E-state index in [2.05, 4.69) is 10.1 Å². The molecule has 2 heterocycles. The van der Waals surface area contributed by atoms with E-state index < -0.39 is 0 Å². The normalized spacial score (nSPS) is 10.9. The molecule has 0 aliphatic carbocycles. The molecule has 2 aromatic heterocycles. The first-order valence-electron chi connectivity index (χ1n) is 6.12. The highest BCUT2D eigenvalue weighted by Crippen LogP contribution is 2.34. The summed E-state index contributed by atoms with van der Waals surface area (Å²) in [6.45, 7) is 2.51. The lowest BCUT2D eigenvalue weighted by molar-refractivity contribution is 0.341. The average molecular weight is 308 g/mol. The molecule has 0 unspecified atom stereocenters. The van der Waals surface area contributed by atoms with Crippen molar-refractivity contribution >= 4 is 28.8 Å². The summed E-state index contributed by atoms with van der Waals surface area (Å²) in [4.78, 5) is 4.24. The first-order chi connectivity index (χ1) is 9.69. The zero-order chi connectivity index (χ0) is 14.1. The van der Waals surface area contributed by atoms with Gasteiger partial charge >= 0.3 is 0 Å². The van der Waals surface area contributed by atoms with Gasteiger partial charge in [-0.25, -0.2) is 4.52 Å². The molecule has 20 heavy (non-hydrogen) atoms. The lowest BCUT2D eigenvalue weighted by atomic mass is 10.1. The number of halogens is 2. The van der Waals surface area contributed by atoms with Gasteiger partial charge in [0.15, 0.2) is 5.65 Å². The molecule has 102 valence electrons. The Hall–Kier alpha value is -1.78. The number of pyridine rings is 1. The third-order valence-corrected chi connectivity index (χ3v) is 3.26. The Labute approximate surface area is 125 Å². The lowest BCUT2D eigenvalue weighted by Crippen LogP contribution is -1.96.